The van der Waals surface area contributed by atoms with Gasteiger partial charge in [-0.05, 0) is 56.7 Å². The first-order chi connectivity index (χ1) is 5.66. The fourth-order valence-corrected chi connectivity index (χ4v) is 2.28. The van der Waals surface area contributed by atoms with Gasteiger partial charge in [0.2, 0.25) is 0 Å². The molecular weight excluding hydrogens is 336 g/mol. The predicted molar refractivity (Wildman–Crippen MR) is 58.7 cm³/mol. The summed E-state index contributed by atoms with van der Waals surface area (Å²) in [5.41, 5.74) is 0.825. The molecule has 0 atom stereocenters. The first-order valence-electron chi connectivity index (χ1n) is 3.30. The number of hydrogen-bond acceptors (Lipinski definition) is 0. The van der Waals surface area contributed by atoms with E-state index in [1.54, 1.807) is 0 Å². The van der Waals surface area contributed by atoms with E-state index in [4.69, 9.17) is 0 Å². The molecule has 0 aliphatic heterocycles. The van der Waals surface area contributed by atoms with Crippen LogP contribution in [0.5, 0.6) is 0 Å². The quantitative estimate of drug-likeness (QED) is 0.705. The highest BCUT2D eigenvalue weighted by atomic mass is 127. The molecule has 0 amide bonds. The number of rotatable bonds is 0. The number of nitrogens with one attached hydrogen (secondary N) is 1. The highest BCUT2D eigenvalue weighted by Gasteiger charge is 2.04. The van der Waals surface area contributed by atoms with Gasteiger partial charge in [-0.15, -0.1) is 0 Å². The van der Waals surface area contributed by atoms with Gasteiger partial charge in [0.15, 0.2) is 0 Å². The van der Waals surface area contributed by atoms with Gasteiger partial charge in [0, 0.05) is 9.86 Å². The molecule has 0 aliphatic carbocycles. The molecule has 1 aromatic carbocycles. The lowest BCUT2D eigenvalue weighted by Crippen LogP contribution is -1.75. The molecule has 0 fully saturated rings. The summed E-state index contributed by atoms with van der Waals surface area (Å²) >= 11 is 5.46. The van der Waals surface area contributed by atoms with E-state index < -0.39 is 0 Å². The zero-order chi connectivity index (χ0) is 8.72. The Balaban J connectivity index is 2.88. The Morgan fingerprint density at radius 2 is 2.08 bits per heavy atom. The van der Waals surface area contributed by atoms with Crippen LogP contribution in [0.15, 0.2) is 22.7 Å². The number of aromatic amines is 1. The molecule has 1 heterocycles. The van der Waals surface area contributed by atoms with Crippen molar-refractivity contribution in [2.24, 2.45) is 0 Å². The number of hydrogen-bond donors (Lipinski definition) is 1. The standard InChI is InChI=1S/C8H4BrFIN/c9-6-1-4(10)2-7-5(6)3-8(11)12-7/h1-3,12H. The molecule has 2 rings (SSSR count). The average Bonchev–Trinajstić information content (AvgIpc) is 2.29. The first-order valence-corrected chi connectivity index (χ1v) is 5.17. The van der Waals surface area contributed by atoms with Crippen LogP contribution >= 0.6 is 38.5 Å². The maximum Gasteiger partial charge on any atom is 0.126 e. The molecule has 1 nitrogen and oxygen atoms in total. The molecule has 0 radical (unpaired) electrons. The van der Waals surface area contributed by atoms with Crippen molar-refractivity contribution in [2.45, 2.75) is 0 Å². The summed E-state index contributed by atoms with van der Waals surface area (Å²) in [4.78, 5) is 3.06. The van der Waals surface area contributed by atoms with Crippen molar-refractivity contribution in [3.05, 3.63) is 32.2 Å². The van der Waals surface area contributed by atoms with Crippen molar-refractivity contribution >= 4 is 49.4 Å². The molecule has 2 aromatic rings. The topological polar surface area (TPSA) is 15.8 Å². The SMILES string of the molecule is Fc1cc(Br)c2cc(I)[nH]c2c1. The number of fused-ring (bicyclic) bond motifs is 1. The maximum absolute atomic E-state index is 12.9. The molecule has 1 N–H and O–H groups in total. The van der Waals surface area contributed by atoms with E-state index in [1.165, 1.54) is 12.1 Å². The van der Waals surface area contributed by atoms with E-state index in [1.807, 2.05) is 6.07 Å². The van der Waals surface area contributed by atoms with Gasteiger partial charge >= 0.3 is 0 Å². The summed E-state index contributed by atoms with van der Waals surface area (Å²) < 4.78 is 14.7. The van der Waals surface area contributed by atoms with Crippen molar-refractivity contribution in [3.8, 4) is 0 Å². The van der Waals surface area contributed by atoms with Crippen LogP contribution in [0, 0.1) is 9.52 Å². The second kappa shape index (κ2) is 2.99. The van der Waals surface area contributed by atoms with E-state index >= 15 is 0 Å². The third-order valence-electron chi connectivity index (χ3n) is 1.62. The Morgan fingerprint density at radius 1 is 1.33 bits per heavy atom. The predicted octanol–water partition coefficient (Wildman–Crippen LogP) is 3.67. The summed E-state index contributed by atoms with van der Waals surface area (Å²) in [6, 6.07) is 4.92. The molecule has 0 spiro atoms. The molecule has 0 unspecified atom stereocenters. The van der Waals surface area contributed by atoms with Crippen LogP contribution in [0.4, 0.5) is 4.39 Å². The lowest BCUT2D eigenvalue weighted by molar-refractivity contribution is 0.628. The summed E-state index contributed by atoms with van der Waals surface area (Å²) in [6.45, 7) is 0. The molecule has 1 aromatic heterocycles. The lowest BCUT2D eigenvalue weighted by atomic mass is 10.2. The smallest absolute Gasteiger partial charge is 0.126 e. The van der Waals surface area contributed by atoms with E-state index in [0.717, 1.165) is 19.1 Å². The lowest BCUT2D eigenvalue weighted by Gasteiger charge is -1.93. The van der Waals surface area contributed by atoms with Crippen LogP contribution in [0.25, 0.3) is 10.9 Å². The minimum atomic E-state index is -0.229. The summed E-state index contributed by atoms with van der Waals surface area (Å²) in [7, 11) is 0. The second-order valence-corrected chi connectivity index (χ2v) is 4.48. The van der Waals surface area contributed by atoms with Gasteiger partial charge in [0.05, 0.1) is 9.22 Å². The Morgan fingerprint density at radius 3 is 2.83 bits per heavy atom. The van der Waals surface area contributed by atoms with Gasteiger partial charge < -0.3 is 4.98 Å². The van der Waals surface area contributed by atoms with Gasteiger partial charge in [-0.3, -0.25) is 0 Å². The highest BCUT2D eigenvalue weighted by molar-refractivity contribution is 14.1. The van der Waals surface area contributed by atoms with Gasteiger partial charge in [0.25, 0.3) is 0 Å². The van der Waals surface area contributed by atoms with Gasteiger partial charge in [-0.2, -0.15) is 0 Å². The minimum absolute atomic E-state index is 0.229. The minimum Gasteiger partial charge on any atom is -0.350 e. The van der Waals surface area contributed by atoms with Crippen molar-refractivity contribution in [3.63, 3.8) is 0 Å². The Kier molecular flexibility index (Phi) is 2.12. The number of aromatic nitrogens is 1. The zero-order valence-electron chi connectivity index (χ0n) is 5.87. The maximum atomic E-state index is 12.9. The monoisotopic (exact) mass is 339 g/mol. The van der Waals surface area contributed by atoms with Crippen LogP contribution in [0.2, 0.25) is 0 Å². The van der Waals surface area contributed by atoms with Crippen molar-refractivity contribution in [1.29, 1.82) is 0 Å². The van der Waals surface area contributed by atoms with E-state index in [0.29, 0.717) is 0 Å². The molecule has 0 bridgehead atoms. The molecule has 0 saturated heterocycles. The van der Waals surface area contributed by atoms with Crippen molar-refractivity contribution in [2.75, 3.05) is 0 Å². The Hall–Kier alpha value is -0.100. The molecule has 62 valence electrons. The fourth-order valence-electron chi connectivity index (χ4n) is 1.13. The van der Waals surface area contributed by atoms with E-state index in [-0.39, 0.29) is 5.82 Å². The Labute approximate surface area is 90.6 Å². The second-order valence-electron chi connectivity index (χ2n) is 2.47. The first kappa shape index (κ1) is 8.50. The molecule has 0 saturated carbocycles. The normalized spacial score (nSPS) is 10.9. The van der Waals surface area contributed by atoms with Gasteiger partial charge in [-0.1, -0.05) is 0 Å². The zero-order valence-corrected chi connectivity index (χ0v) is 9.61. The number of H-pyrrole nitrogens is 1. The van der Waals surface area contributed by atoms with E-state index in [2.05, 4.69) is 43.5 Å². The molecular formula is C8H4BrFIN. The van der Waals surface area contributed by atoms with E-state index in [9.17, 15) is 4.39 Å². The number of benzene rings is 1. The average molecular weight is 340 g/mol. The summed E-state index contributed by atoms with van der Waals surface area (Å²) in [5.74, 6) is -0.229. The molecule has 12 heavy (non-hydrogen) atoms. The van der Waals surface area contributed by atoms with Gasteiger partial charge in [-0.25, -0.2) is 4.39 Å². The van der Waals surface area contributed by atoms with Crippen molar-refractivity contribution in [1.82, 2.24) is 4.98 Å². The molecule has 0 aliphatic rings. The van der Waals surface area contributed by atoms with Crippen LogP contribution in [-0.2, 0) is 0 Å². The van der Waals surface area contributed by atoms with Crippen molar-refractivity contribution < 1.29 is 4.39 Å². The largest absolute Gasteiger partial charge is 0.350 e. The van der Waals surface area contributed by atoms with Gasteiger partial charge in [0.1, 0.15) is 5.82 Å². The molecule has 4 heteroatoms. The van der Waals surface area contributed by atoms with Crippen LogP contribution in [-0.4, -0.2) is 4.98 Å². The third-order valence-corrected chi connectivity index (χ3v) is 2.86. The van der Waals surface area contributed by atoms with Crippen LogP contribution in [0.3, 0.4) is 0 Å². The Bertz CT molecular complexity index is 438. The highest BCUT2D eigenvalue weighted by Crippen LogP contribution is 2.26. The summed E-state index contributed by atoms with van der Waals surface area (Å²) in [5, 5.41) is 1.01. The number of halogens is 3. The van der Waals surface area contributed by atoms with Crippen LogP contribution in [0.1, 0.15) is 0 Å². The van der Waals surface area contributed by atoms with Crippen LogP contribution < -0.4 is 0 Å². The summed E-state index contributed by atoms with van der Waals surface area (Å²) in [6.07, 6.45) is 0. The third kappa shape index (κ3) is 1.37. The fraction of sp³-hybridized carbons (Fsp3) is 0.